The number of para-hydroxylation sites is 1. The lowest BCUT2D eigenvalue weighted by atomic mass is 9.90. The van der Waals surface area contributed by atoms with Gasteiger partial charge in [0, 0.05) is 62.5 Å². The quantitative estimate of drug-likeness (QED) is 0.229. The Morgan fingerprint density at radius 2 is 1.93 bits per heavy atom. The summed E-state index contributed by atoms with van der Waals surface area (Å²) in [6, 6.07) is 14.5. The number of aromatic nitrogens is 4. The normalized spacial score (nSPS) is 17.2. The van der Waals surface area contributed by atoms with E-state index in [0.717, 1.165) is 16.9 Å². The Balaban J connectivity index is 1.47. The molecule has 0 saturated carbocycles. The fraction of sp³-hybridized carbons (Fsp3) is 0.394. The van der Waals surface area contributed by atoms with E-state index >= 15 is 0 Å². The summed E-state index contributed by atoms with van der Waals surface area (Å²) in [4.78, 5) is 28.1. The number of pyridine rings is 2. The lowest BCUT2D eigenvalue weighted by molar-refractivity contribution is -0.155. The summed E-state index contributed by atoms with van der Waals surface area (Å²) in [5.41, 5.74) is 3.70. The maximum atomic E-state index is 14.0. The summed E-state index contributed by atoms with van der Waals surface area (Å²) in [5, 5.41) is 17.5. The highest BCUT2D eigenvalue weighted by Gasteiger charge is 2.37. The van der Waals surface area contributed by atoms with Gasteiger partial charge in [0.05, 0.1) is 36.4 Å². The van der Waals surface area contributed by atoms with Gasteiger partial charge in [0.15, 0.2) is 0 Å². The van der Waals surface area contributed by atoms with Gasteiger partial charge < -0.3 is 14.6 Å². The van der Waals surface area contributed by atoms with Gasteiger partial charge in [0.1, 0.15) is 11.9 Å². The van der Waals surface area contributed by atoms with Crippen molar-refractivity contribution >= 4 is 5.78 Å². The van der Waals surface area contributed by atoms with Crippen molar-refractivity contribution in [1.29, 1.82) is 0 Å². The Hall–Kier alpha value is -4.03. The molecular weight excluding hydrogens is 565 g/mol. The van der Waals surface area contributed by atoms with E-state index in [1.54, 1.807) is 43.0 Å². The van der Waals surface area contributed by atoms with Gasteiger partial charge in [-0.3, -0.25) is 9.63 Å². The largest absolute Gasteiger partial charge is 0.481 e. The minimum atomic E-state index is -1.20. The van der Waals surface area contributed by atoms with E-state index in [1.165, 1.54) is 19.4 Å². The second-order valence-corrected chi connectivity index (χ2v) is 11.5. The molecule has 0 amide bonds. The summed E-state index contributed by atoms with van der Waals surface area (Å²) >= 11 is 0. The van der Waals surface area contributed by atoms with Crippen molar-refractivity contribution in [1.82, 2.24) is 24.8 Å². The molecule has 0 spiro atoms. The number of carbonyl (C=O) groups excluding carboxylic acids is 1. The molecule has 4 heterocycles. The summed E-state index contributed by atoms with van der Waals surface area (Å²) < 4.78 is 26.4. The molecule has 11 heteroatoms. The molecule has 1 N–H and O–H groups in total. The van der Waals surface area contributed by atoms with Gasteiger partial charge in [0.25, 0.3) is 0 Å². The molecule has 232 valence electrons. The predicted octanol–water partition coefficient (Wildman–Crippen LogP) is 4.77. The Morgan fingerprint density at radius 1 is 1.16 bits per heavy atom. The van der Waals surface area contributed by atoms with Gasteiger partial charge in [-0.25, -0.2) is 14.6 Å². The smallest absolute Gasteiger partial charge is 0.219 e. The highest BCUT2D eigenvalue weighted by atomic mass is 19.1. The fourth-order valence-electron chi connectivity index (χ4n) is 5.61. The molecule has 2 atom stereocenters. The van der Waals surface area contributed by atoms with Crippen LogP contribution < -0.4 is 4.74 Å². The molecule has 0 bridgehead atoms. The van der Waals surface area contributed by atoms with Gasteiger partial charge in [-0.05, 0) is 62.2 Å². The predicted molar refractivity (Wildman–Crippen MR) is 162 cm³/mol. The number of ketones is 1. The molecule has 1 saturated heterocycles. The molecule has 3 aromatic heterocycles. The van der Waals surface area contributed by atoms with E-state index in [9.17, 15) is 14.3 Å². The zero-order valence-electron chi connectivity index (χ0n) is 25.7. The third kappa shape index (κ3) is 6.86. The number of halogens is 1. The van der Waals surface area contributed by atoms with Crippen LogP contribution in [0.15, 0.2) is 60.9 Å². The first-order valence-corrected chi connectivity index (χ1v) is 14.5. The number of methoxy groups -OCH3 is 2. The molecule has 1 aromatic carbocycles. The van der Waals surface area contributed by atoms with E-state index in [1.807, 2.05) is 43.3 Å². The Morgan fingerprint density at radius 3 is 2.61 bits per heavy atom. The average molecular weight is 604 g/mol. The van der Waals surface area contributed by atoms with Gasteiger partial charge in [-0.15, -0.1) is 0 Å². The van der Waals surface area contributed by atoms with Crippen LogP contribution in [0.4, 0.5) is 4.39 Å². The lowest BCUT2D eigenvalue weighted by Crippen LogP contribution is -2.24. The number of aliphatic hydroxyl groups is 1. The Labute approximate surface area is 256 Å². The third-order valence-corrected chi connectivity index (χ3v) is 7.83. The molecule has 5 rings (SSSR count). The maximum Gasteiger partial charge on any atom is 0.219 e. The standard InChI is InChI=1S/C33H38FN5O5/c1-21-28(18-26(40)15-24-20-38(13-14-42-4)44-31(24)22-11-12-35-29(34)17-22)39(25-9-7-6-8-10-25)37-30(21)23-16-27(33(2,3)41)32(43-5)36-19-23/h6-12,16-17,19,24,31,41H,13-15,18,20H2,1-5H3/t24-,31+/m1/s1. The van der Waals surface area contributed by atoms with E-state index < -0.39 is 17.7 Å². The van der Waals surface area contributed by atoms with Crippen LogP contribution in [0.5, 0.6) is 5.88 Å². The van der Waals surface area contributed by atoms with Crippen molar-refractivity contribution in [3.8, 4) is 22.8 Å². The van der Waals surface area contributed by atoms with Crippen LogP contribution in [0, 0.1) is 18.8 Å². The van der Waals surface area contributed by atoms with Crippen LogP contribution in [0.2, 0.25) is 0 Å². The van der Waals surface area contributed by atoms with E-state index in [2.05, 4.69) is 9.97 Å². The third-order valence-electron chi connectivity index (χ3n) is 7.83. The van der Waals surface area contributed by atoms with Crippen molar-refractivity contribution in [2.75, 3.05) is 33.9 Å². The zero-order chi connectivity index (χ0) is 31.4. The monoisotopic (exact) mass is 603 g/mol. The summed E-state index contributed by atoms with van der Waals surface area (Å²) in [7, 11) is 3.13. The summed E-state index contributed by atoms with van der Waals surface area (Å²) in [5.74, 6) is -0.460. The van der Waals surface area contributed by atoms with Crippen LogP contribution >= 0.6 is 0 Å². The van der Waals surface area contributed by atoms with Crippen molar-refractivity contribution in [3.63, 3.8) is 0 Å². The molecule has 4 aromatic rings. The second-order valence-electron chi connectivity index (χ2n) is 11.5. The lowest BCUT2D eigenvalue weighted by Gasteiger charge is -2.20. The topological polar surface area (TPSA) is 112 Å². The Bertz CT molecular complexity index is 1600. The summed E-state index contributed by atoms with van der Waals surface area (Å²) in [6.07, 6.45) is 2.93. The minimum Gasteiger partial charge on any atom is -0.481 e. The molecule has 1 fully saturated rings. The van der Waals surface area contributed by atoms with E-state index in [0.29, 0.717) is 48.0 Å². The first-order chi connectivity index (χ1) is 21.1. The Kier molecular flexibility index (Phi) is 9.50. The van der Waals surface area contributed by atoms with E-state index in [4.69, 9.17) is 19.4 Å². The molecule has 0 aliphatic carbocycles. The van der Waals surface area contributed by atoms with Gasteiger partial charge in [0.2, 0.25) is 11.8 Å². The highest BCUT2D eigenvalue weighted by Crippen LogP contribution is 2.38. The molecule has 1 aliphatic rings. The molecule has 10 nitrogen and oxygen atoms in total. The number of hydrogen-bond acceptors (Lipinski definition) is 9. The molecule has 0 radical (unpaired) electrons. The molecule has 44 heavy (non-hydrogen) atoms. The van der Waals surface area contributed by atoms with Crippen LogP contribution in [-0.2, 0) is 26.4 Å². The number of hydrogen-bond donors (Lipinski definition) is 1. The first kappa shape index (κ1) is 31.4. The SMILES string of the molecule is COCCN1C[C@@H](CC(=O)Cc2c(C)c(-c3cnc(OC)c(C(C)(C)O)c3)nn2-c2ccccc2)[C@H](c2ccnc(F)c2)O1. The van der Waals surface area contributed by atoms with Gasteiger partial charge >= 0.3 is 0 Å². The van der Waals surface area contributed by atoms with Crippen molar-refractivity contribution in [3.05, 3.63) is 89.3 Å². The van der Waals surface area contributed by atoms with Crippen LogP contribution in [0.25, 0.3) is 16.9 Å². The van der Waals surface area contributed by atoms with Crippen LogP contribution in [-0.4, -0.2) is 69.6 Å². The number of ether oxygens (including phenoxy) is 2. The number of benzene rings is 1. The molecule has 1 aliphatic heterocycles. The van der Waals surface area contributed by atoms with Crippen molar-refractivity contribution in [2.45, 2.75) is 45.3 Å². The van der Waals surface area contributed by atoms with Crippen LogP contribution in [0.1, 0.15) is 48.8 Å². The van der Waals surface area contributed by atoms with Crippen LogP contribution in [0.3, 0.4) is 0 Å². The maximum absolute atomic E-state index is 14.0. The number of rotatable bonds is 12. The molecule has 0 unspecified atom stereocenters. The fourth-order valence-corrected chi connectivity index (χ4v) is 5.61. The van der Waals surface area contributed by atoms with Crippen molar-refractivity contribution in [2.24, 2.45) is 5.92 Å². The van der Waals surface area contributed by atoms with Crippen molar-refractivity contribution < 1.29 is 28.6 Å². The summed E-state index contributed by atoms with van der Waals surface area (Å²) in [6.45, 7) is 6.77. The number of Topliss-reactive ketones (excluding diaryl/α,β-unsaturated/α-hetero) is 1. The zero-order valence-corrected chi connectivity index (χ0v) is 25.7. The average Bonchev–Trinajstić information content (AvgIpc) is 3.56. The minimum absolute atomic E-state index is 0.00323. The van der Waals surface area contributed by atoms with E-state index in [-0.39, 0.29) is 24.5 Å². The highest BCUT2D eigenvalue weighted by molar-refractivity contribution is 5.82. The molecular formula is C33H38FN5O5. The first-order valence-electron chi connectivity index (χ1n) is 14.5. The number of hydroxylamine groups is 2. The number of nitrogens with zero attached hydrogens (tertiary/aromatic N) is 5. The van der Waals surface area contributed by atoms with Gasteiger partial charge in [-0.2, -0.15) is 14.6 Å². The second kappa shape index (κ2) is 13.3. The number of carbonyl (C=O) groups is 1. The van der Waals surface area contributed by atoms with Gasteiger partial charge in [-0.1, -0.05) is 18.2 Å².